The van der Waals surface area contributed by atoms with Crippen LogP contribution in [0.3, 0.4) is 0 Å². The van der Waals surface area contributed by atoms with Crippen molar-refractivity contribution in [2.24, 2.45) is 5.73 Å². The van der Waals surface area contributed by atoms with Crippen LogP contribution in [0.25, 0.3) is 0 Å². The van der Waals surface area contributed by atoms with Crippen LogP contribution < -0.4 is 11.1 Å². The van der Waals surface area contributed by atoms with Gasteiger partial charge in [-0.05, 0) is 25.5 Å². The van der Waals surface area contributed by atoms with Crippen LogP contribution in [0, 0.1) is 0 Å². The molecule has 1 heterocycles. The first-order valence-corrected chi connectivity index (χ1v) is 7.57. The molecule has 3 N–H and O–H groups in total. The average molecular weight is 275 g/mol. The van der Waals surface area contributed by atoms with Gasteiger partial charge in [0.1, 0.15) is 0 Å². The molecule has 1 saturated heterocycles. The Labute approximate surface area is 113 Å². The van der Waals surface area contributed by atoms with Gasteiger partial charge in [0, 0.05) is 19.6 Å². The summed E-state index contributed by atoms with van der Waals surface area (Å²) >= 11 is 6.85. The first kappa shape index (κ1) is 14.6. The minimum Gasteiger partial charge on any atom is -0.392 e. The lowest BCUT2D eigenvalue weighted by atomic mass is 9.96. The SMILES string of the molecule is CCCNC(=O)N1CCC(SC)(C(N)=S)CC1. The Balaban J connectivity index is 2.49. The number of thioether (sulfide) groups is 1. The van der Waals surface area contributed by atoms with Crippen molar-refractivity contribution in [3.05, 3.63) is 0 Å². The van der Waals surface area contributed by atoms with E-state index in [1.54, 1.807) is 11.8 Å². The summed E-state index contributed by atoms with van der Waals surface area (Å²) in [5.74, 6) is 0. The van der Waals surface area contributed by atoms with E-state index in [1.165, 1.54) is 0 Å². The molecule has 0 spiro atoms. The van der Waals surface area contributed by atoms with Crippen LogP contribution in [-0.2, 0) is 0 Å². The number of hydrogen-bond donors (Lipinski definition) is 2. The molecule has 0 aromatic heterocycles. The van der Waals surface area contributed by atoms with Crippen molar-refractivity contribution in [1.82, 2.24) is 10.2 Å². The molecule has 0 unspecified atom stereocenters. The summed E-state index contributed by atoms with van der Waals surface area (Å²) < 4.78 is -0.114. The van der Waals surface area contributed by atoms with Crippen LogP contribution >= 0.6 is 24.0 Å². The zero-order chi connectivity index (χ0) is 12.9. The summed E-state index contributed by atoms with van der Waals surface area (Å²) in [4.78, 5) is 14.2. The standard InChI is InChI=1S/C11H21N3OS2/c1-3-6-13-10(15)14-7-4-11(17-2,5-8-14)9(12)16/h3-8H2,1-2H3,(H2,12,16)(H,13,15). The van der Waals surface area contributed by atoms with Crippen molar-refractivity contribution in [3.63, 3.8) is 0 Å². The Kier molecular flexibility index (Phi) is 5.52. The minimum atomic E-state index is -0.114. The van der Waals surface area contributed by atoms with Gasteiger partial charge in [0.25, 0.3) is 0 Å². The van der Waals surface area contributed by atoms with E-state index in [0.717, 1.165) is 38.9 Å². The van der Waals surface area contributed by atoms with E-state index in [0.29, 0.717) is 4.99 Å². The molecule has 98 valence electrons. The number of nitrogens with zero attached hydrogens (tertiary/aromatic N) is 1. The van der Waals surface area contributed by atoms with E-state index in [1.807, 2.05) is 18.1 Å². The van der Waals surface area contributed by atoms with Crippen molar-refractivity contribution in [2.75, 3.05) is 25.9 Å². The summed E-state index contributed by atoms with van der Waals surface area (Å²) in [6.07, 6.45) is 4.69. The Morgan fingerprint density at radius 1 is 1.53 bits per heavy atom. The molecule has 0 aromatic rings. The molecule has 1 fully saturated rings. The third kappa shape index (κ3) is 3.48. The Bertz CT molecular complexity index is 288. The third-order valence-electron chi connectivity index (χ3n) is 3.22. The quantitative estimate of drug-likeness (QED) is 0.765. The molecule has 0 aromatic carbocycles. The van der Waals surface area contributed by atoms with Crippen LogP contribution in [0.15, 0.2) is 0 Å². The Hall–Kier alpha value is -0.490. The highest BCUT2D eigenvalue weighted by atomic mass is 32.2. The lowest BCUT2D eigenvalue weighted by Crippen LogP contribution is -2.52. The number of rotatable bonds is 4. The molecule has 0 atom stereocenters. The second-order valence-electron chi connectivity index (χ2n) is 4.28. The van der Waals surface area contributed by atoms with Crippen molar-refractivity contribution in [2.45, 2.75) is 30.9 Å². The molecule has 17 heavy (non-hydrogen) atoms. The number of hydrogen-bond acceptors (Lipinski definition) is 3. The molecule has 0 bridgehead atoms. The second kappa shape index (κ2) is 6.44. The summed E-state index contributed by atoms with van der Waals surface area (Å²) in [5, 5.41) is 2.89. The number of urea groups is 1. The number of carbonyl (C=O) groups excluding carboxylic acids is 1. The first-order valence-electron chi connectivity index (χ1n) is 5.93. The normalized spacial score (nSPS) is 18.8. The number of thiocarbonyl (C=S) groups is 1. The van der Waals surface area contributed by atoms with Gasteiger partial charge in [0.05, 0.1) is 9.74 Å². The maximum Gasteiger partial charge on any atom is 0.317 e. The predicted molar refractivity (Wildman–Crippen MR) is 77.5 cm³/mol. The molecule has 0 saturated carbocycles. The lowest BCUT2D eigenvalue weighted by molar-refractivity contribution is 0.184. The molecule has 6 heteroatoms. The molecule has 2 amide bonds. The van der Waals surface area contributed by atoms with Crippen molar-refractivity contribution >= 4 is 35.0 Å². The fraction of sp³-hybridized carbons (Fsp3) is 0.818. The highest BCUT2D eigenvalue weighted by Gasteiger charge is 2.37. The van der Waals surface area contributed by atoms with E-state index in [9.17, 15) is 4.79 Å². The topological polar surface area (TPSA) is 58.4 Å². The van der Waals surface area contributed by atoms with Crippen LogP contribution in [0.5, 0.6) is 0 Å². The zero-order valence-electron chi connectivity index (χ0n) is 10.5. The van der Waals surface area contributed by atoms with Crippen LogP contribution in [-0.4, -0.2) is 46.6 Å². The molecular weight excluding hydrogens is 254 g/mol. The fourth-order valence-electron chi connectivity index (χ4n) is 1.97. The fourth-order valence-corrected chi connectivity index (χ4v) is 3.21. The van der Waals surface area contributed by atoms with Gasteiger partial charge in [-0.2, -0.15) is 11.8 Å². The summed E-state index contributed by atoms with van der Waals surface area (Å²) in [5.41, 5.74) is 5.81. The van der Waals surface area contributed by atoms with Gasteiger partial charge >= 0.3 is 6.03 Å². The number of amides is 2. The van der Waals surface area contributed by atoms with Gasteiger partial charge in [-0.25, -0.2) is 4.79 Å². The molecule has 4 nitrogen and oxygen atoms in total. The molecular formula is C11H21N3OS2. The van der Waals surface area contributed by atoms with Crippen molar-refractivity contribution in [1.29, 1.82) is 0 Å². The van der Waals surface area contributed by atoms with Crippen LogP contribution in [0.4, 0.5) is 4.79 Å². The van der Waals surface area contributed by atoms with E-state index < -0.39 is 0 Å². The molecule has 1 rings (SSSR count). The highest BCUT2D eigenvalue weighted by molar-refractivity contribution is 8.02. The smallest absolute Gasteiger partial charge is 0.317 e. The minimum absolute atomic E-state index is 0.0319. The van der Waals surface area contributed by atoms with E-state index in [-0.39, 0.29) is 10.8 Å². The first-order chi connectivity index (χ1) is 8.05. The van der Waals surface area contributed by atoms with E-state index >= 15 is 0 Å². The molecule has 0 aliphatic carbocycles. The molecule has 0 radical (unpaired) electrons. The highest BCUT2D eigenvalue weighted by Crippen LogP contribution is 2.34. The van der Waals surface area contributed by atoms with Gasteiger partial charge in [0.15, 0.2) is 0 Å². The maximum atomic E-state index is 11.8. The van der Waals surface area contributed by atoms with Crippen LogP contribution in [0.2, 0.25) is 0 Å². The third-order valence-corrected chi connectivity index (χ3v) is 5.15. The number of nitrogens with one attached hydrogen (secondary N) is 1. The van der Waals surface area contributed by atoms with Gasteiger partial charge in [-0.15, -0.1) is 0 Å². The van der Waals surface area contributed by atoms with Crippen molar-refractivity contribution < 1.29 is 4.79 Å². The summed E-state index contributed by atoms with van der Waals surface area (Å²) in [6.45, 7) is 4.24. The average Bonchev–Trinajstić information content (AvgIpc) is 2.35. The van der Waals surface area contributed by atoms with E-state index in [4.69, 9.17) is 18.0 Å². The number of nitrogens with two attached hydrogens (primary N) is 1. The van der Waals surface area contributed by atoms with Gasteiger partial charge < -0.3 is 16.0 Å². The molecule has 1 aliphatic heterocycles. The zero-order valence-corrected chi connectivity index (χ0v) is 12.1. The van der Waals surface area contributed by atoms with Crippen molar-refractivity contribution in [3.8, 4) is 0 Å². The molecule has 1 aliphatic rings. The lowest BCUT2D eigenvalue weighted by Gasteiger charge is -2.39. The predicted octanol–water partition coefficient (Wildman–Crippen LogP) is 1.59. The maximum absolute atomic E-state index is 11.8. The summed E-state index contributed by atoms with van der Waals surface area (Å²) in [6, 6.07) is 0.0319. The van der Waals surface area contributed by atoms with Gasteiger partial charge in [0.2, 0.25) is 0 Å². The second-order valence-corrected chi connectivity index (χ2v) is 5.91. The van der Waals surface area contributed by atoms with Gasteiger partial charge in [-0.1, -0.05) is 19.1 Å². The number of likely N-dealkylation sites (tertiary alicyclic amines) is 1. The van der Waals surface area contributed by atoms with Crippen LogP contribution in [0.1, 0.15) is 26.2 Å². The van der Waals surface area contributed by atoms with Gasteiger partial charge in [-0.3, -0.25) is 0 Å². The van der Waals surface area contributed by atoms with E-state index in [2.05, 4.69) is 5.32 Å². The number of carbonyl (C=O) groups is 1. The monoisotopic (exact) mass is 275 g/mol. The Morgan fingerprint density at radius 3 is 2.53 bits per heavy atom. The summed E-state index contributed by atoms with van der Waals surface area (Å²) in [7, 11) is 0. The Morgan fingerprint density at radius 2 is 2.12 bits per heavy atom. The number of piperidine rings is 1. The largest absolute Gasteiger partial charge is 0.392 e.